The molecule has 23 heavy (non-hydrogen) atoms. The van der Waals surface area contributed by atoms with Crippen LogP contribution in [-0.4, -0.2) is 17.3 Å². The SMILES string of the molecule is CC(C)(C)ONC(=O)CCSc1ccc(-c2ccccc2)cc1. The monoisotopic (exact) mass is 329 g/mol. The van der Waals surface area contributed by atoms with Crippen LogP contribution in [0, 0.1) is 0 Å². The van der Waals surface area contributed by atoms with Crippen molar-refractivity contribution in [2.75, 3.05) is 5.75 Å². The molecule has 0 fully saturated rings. The van der Waals surface area contributed by atoms with E-state index in [1.54, 1.807) is 11.8 Å². The van der Waals surface area contributed by atoms with E-state index in [1.165, 1.54) is 11.1 Å². The van der Waals surface area contributed by atoms with Gasteiger partial charge >= 0.3 is 0 Å². The molecule has 0 aliphatic carbocycles. The van der Waals surface area contributed by atoms with Gasteiger partial charge in [-0.15, -0.1) is 11.8 Å². The van der Waals surface area contributed by atoms with Crippen molar-refractivity contribution in [1.82, 2.24) is 5.48 Å². The third-order valence-electron chi connectivity index (χ3n) is 3.03. The molecule has 0 aliphatic rings. The molecule has 3 nitrogen and oxygen atoms in total. The highest BCUT2D eigenvalue weighted by molar-refractivity contribution is 7.99. The van der Waals surface area contributed by atoms with Crippen LogP contribution < -0.4 is 5.48 Å². The summed E-state index contributed by atoms with van der Waals surface area (Å²) in [6, 6.07) is 18.7. The number of hydrogen-bond donors (Lipinski definition) is 1. The first kappa shape index (κ1) is 17.6. The second kappa shape index (κ2) is 8.18. The zero-order valence-corrected chi connectivity index (χ0v) is 14.7. The molecule has 0 saturated heterocycles. The summed E-state index contributed by atoms with van der Waals surface area (Å²) in [5, 5.41) is 0. The van der Waals surface area contributed by atoms with Crippen molar-refractivity contribution in [3.8, 4) is 11.1 Å². The minimum Gasteiger partial charge on any atom is -0.273 e. The Hall–Kier alpha value is -1.78. The van der Waals surface area contributed by atoms with E-state index in [0.717, 1.165) is 10.6 Å². The zero-order chi connectivity index (χ0) is 16.7. The first-order valence-electron chi connectivity index (χ1n) is 7.69. The lowest BCUT2D eigenvalue weighted by atomic mass is 10.1. The van der Waals surface area contributed by atoms with E-state index in [4.69, 9.17) is 4.84 Å². The number of amides is 1. The largest absolute Gasteiger partial charge is 0.273 e. The third-order valence-corrected chi connectivity index (χ3v) is 4.04. The fraction of sp³-hybridized carbons (Fsp3) is 0.316. The van der Waals surface area contributed by atoms with Crippen LogP contribution in [0.25, 0.3) is 11.1 Å². The van der Waals surface area contributed by atoms with E-state index < -0.39 is 0 Å². The van der Waals surface area contributed by atoms with Gasteiger partial charge in [-0.3, -0.25) is 9.63 Å². The van der Waals surface area contributed by atoms with Crippen molar-refractivity contribution < 1.29 is 9.63 Å². The lowest BCUT2D eigenvalue weighted by Gasteiger charge is -2.18. The van der Waals surface area contributed by atoms with Gasteiger partial charge in [0.15, 0.2) is 0 Å². The Bertz CT molecular complexity index is 618. The molecule has 0 spiro atoms. The Balaban J connectivity index is 1.77. The van der Waals surface area contributed by atoms with Crippen LogP contribution in [0.5, 0.6) is 0 Å². The average molecular weight is 329 g/mol. The lowest BCUT2D eigenvalue weighted by molar-refractivity contribution is -0.145. The quantitative estimate of drug-likeness (QED) is 0.617. The fourth-order valence-electron chi connectivity index (χ4n) is 1.90. The molecule has 2 aromatic carbocycles. The van der Waals surface area contributed by atoms with E-state index in [1.807, 2.05) is 39.0 Å². The molecule has 2 rings (SSSR count). The van der Waals surface area contributed by atoms with Crippen molar-refractivity contribution in [3.05, 3.63) is 54.6 Å². The van der Waals surface area contributed by atoms with Crippen LogP contribution in [0.2, 0.25) is 0 Å². The van der Waals surface area contributed by atoms with Crippen LogP contribution in [0.15, 0.2) is 59.5 Å². The number of benzene rings is 2. The van der Waals surface area contributed by atoms with E-state index in [-0.39, 0.29) is 11.5 Å². The summed E-state index contributed by atoms with van der Waals surface area (Å²) < 4.78 is 0. The van der Waals surface area contributed by atoms with Gasteiger partial charge in [-0.25, -0.2) is 5.48 Å². The van der Waals surface area contributed by atoms with Crippen molar-refractivity contribution in [1.29, 1.82) is 0 Å². The standard InChI is InChI=1S/C19H23NO2S/c1-19(2,3)22-20-18(21)13-14-23-17-11-9-16(10-12-17)15-7-5-4-6-8-15/h4-12H,13-14H2,1-3H3,(H,20,21). The number of hydroxylamine groups is 1. The Labute approximate surface area is 142 Å². The van der Waals surface area contributed by atoms with Crippen LogP contribution in [0.1, 0.15) is 27.2 Å². The molecule has 0 bridgehead atoms. The summed E-state index contributed by atoms with van der Waals surface area (Å²) in [6.45, 7) is 5.70. The van der Waals surface area contributed by atoms with Crippen LogP contribution in [0.4, 0.5) is 0 Å². The minimum absolute atomic E-state index is 0.0895. The zero-order valence-electron chi connectivity index (χ0n) is 13.8. The summed E-state index contributed by atoms with van der Waals surface area (Å²) in [4.78, 5) is 18.1. The first-order chi connectivity index (χ1) is 10.9. The summed E-state index contributed by atoms with van der Waals surface area (Å²) in [6.07, 6.45) is 0.432. The van der Waals surface area contributed by atoms with Gasteiger partial charge in [-0.2, -0.15) is 0 Å². The number of thioether (sulfide) groups is 1. The molecular weight excluding hydrogens is 306 g/mol. The molecular formula is C19H23NO2S. The molecule has 1 N–H and O–H groups in total. The molecule has 122 valence electrons. The highest BCUT2D eigenvalue weighted by Gasteiger charge is 2.12. The third kappa shape index (κ3) is 6.47. The van der Waals surface area contributed by atoms with Crippen molar-refractivity contribution in [3.63, 3.8) is 0 Å². The Morgan fingerprint density at radius 1 is 1.00 bits per heavy atom. The number of carbonyl (C=O) groups excluding carboxylic acids is 1. The Kier molecular flexibility index (Phi) is 6.25. The summed E-state index contributed by atoms with van der Waals surface area (Å²) in [5.74, 6) is 0.637. The van der Waals surface area contributed by atoms with E-state index >= 15 is 0 Å². The molecule has 1 amide bonds. The molecule has 0 aliphatic heterocycles. The molecule has 0 atom stereocenters. The Morgan fingerprint density at radius 3 is 2.22 bits per heavy atom. The van der Waals surface area contributed by atoms with Crippen LogP contribution >= 0.6 is 11.8 Å². The predicted molar refractivity (Wildman–Crippen MR) is 96.2 cm³/mol. The average Bonchev–Trinajstić information content (AvgIpc) is 2.54. The molecule has 4 heteroatoms. The van der Waals surface area contributed by atoms with Gasteiger partial charge in [-0.05, 0) is 44.0 Å². The summed E-state index contributed by atoms with van der Waals surface area (Å²) >= 11 is 1.67. The molecule has 0 saturated carbocycles. The maximum absolute atomic E-state index is 11.7. The number of nitrogens with one attached hydrogen (secondary N) is 1. The maximum atomic E-state index is 11.7. The topological polar surface area (TPSA) is 38.3 Å². The molecule has 0 heterocycles. The number of hydrogen-bond acceptors (Lipinski definition) is 3. The van der Waals surface area contributed by atoms with Gasteiger partial charge < -0.3 is 0 Å². The second-order valence-corrected chi connectivity index (χ2v) is 7.40. The fourth-order valence-corrected chi connectivity index (χ4v) is 2.75. The second-order valence-electron chi connectivity index (χ2n) is 6.23. The van der Waals surface area contributed by atoms with Crippen molar-refractivity contribution >= 4 is 17.7 Å². The highest BCUT2D eigenvalue weighted by Crippen LogP contribution is 2.24. The Morgan fingerprint density at radius 2 is 1.61 bits per heavy atom. The summed E-state index contributed by atoms with van der Waals surface area (Å²) in [5.41, 5.74) is 4.53. The van der Waals surface area contributed by atoms with Gasteiger partial charge in [-0.1, -0.05) is 42.5 Å². The van der Waals surface area contributed by atoms with Gasteiger partial charge in [0.1, 0.15) is 0 Å². The van der Waals surface area contributed by atoms with Crippen molar-refractivity contribution in [2.45, 2.75) is 37.7 Å². The first-order valence-corrected chi connectivity index (χ1v) is 8.68. The van der Waals surface area contributed by atoms with E-state index in [9.17, 15) is 4.79 Å². The molecule has 2 aromatic rings. The minimum atomic E-state index is -0.365. The van der Waals surface area contributed by atoms with Gasteiger partial charge in [0.25, 0.3) is 0 Å². The van der Waals surface area contributed by atoms with Gasteiger partial charge in [0, 0.05) is 17.1 Å². The van der Waals surface area contributed by atoms with Crippen LogP contribution in [-0.2, 0) is 9.63 Å². The van der Waals surface area contributed by atoms with E-state index in [0.29, 0.717) is 6.42 Å². The summed E-state index contributed by atoms with van der Waals surface area (Å²) in [7, 11) is 0. The van der Waals surface area contributed by atoms with Gasteiger partial charge in [0.05, 0.1) is 5.60 Å². The van der Waals surface area contributed by atoms with Crippen LogP contribution in [0.3, 0.4) is 0 Å². The number of carbonyl (C=O) groups is 1. The normalized spacial score (nSPS) is 11.3. The molecule has 0 unspecified atom stereocenters. The van der Waals surface area contributed by atoms with Crippen molar-refractivity contribution in [2.24, 2.45) is 0 Å². The van der Waals surface area contributed by atoms with E-state index in [2.05, 4.69) is 41.9 Å². The lowest BCUT2D eigenvalue weighted by Crippen LogP contribution is -2.33. The predicted octanol–water partition coefficient (Wildman–Crippen LogP) is 4.68. The highest BCUT2D eigenvalue weighted by atomic mass is 32.2. The molecule has 0 aromatic heterocycles. The smallest absolute Gasteiger partial charge is 0.244 e. The van der Waals surface area contributed by atoms with Gasteiger partial charge in [0.2, 0.25) is 5.91 Å². The maximum Gasteiger partial charge on any atom is 0.244 e. The molecule has 0 radical (unpaired) electrons. The number of rotatable bonds is 6.